The Kier molecular flexibility index (Phi) is 6.45. The maximum absolute atomic E-state index is 13.4. The van der Waals surface area contributed by atoms with Gasteiger partial charge in [-0.25, -0.2) is 9.78 Å². The fourth-order valence-corrected chi connectivity index (χ4v) is 4.71. The van der Waals surface area contributed by atoms with Crippen molar-refractivity contribution in [1.29, 1.82) is 0 Å². The number of anilines is 1. The van der Waals surface area contributed by atoms with Crippen molar-refractivity contribution in [2.45, 2.75) is 52.6 Å². The molecule has 0 aliphatic carbocycles. The van der Waals surface area contributed by atoms with E-state index in [1.807, 2.05) is 35.4 Å². The summed E-state index contributed by atoms with van der Waals surface area (Å²) in [7, 11) is 3.06. The van der Waals surface area contributed by atoms with Crippen LogP contribution in [0.25, 0.3) is 22.1 Å². The van der Waals surface area contributed by atoms with Crippen LogP contribution in [-0.2, 0) is 25.4 Å². The van der Waals surface area contributed by atoms with E-state index in [9.17, 15) is 14.4 Å². The lowest BCUT2D eigenvalue weighted by atomic mass is 10.0. The summed E-state index contributed by atoms with van der Waals surface area (Å²) in [6, 6.07) is 8.10. The molecule has 4 aromatic rings. The van der Waals surface area contributed by atoms with E-state index in [0.29, 0.717) is 36.5 Å². The standard InChI is InChI=1S/C25H32N6O3/c1-16(2)13-17(3)31(19-8-9-20-18(14-19)10-11-26-20)21(32)7-6-12-30-15-27-23-22(30)24(33)29(5)25(34)28(23)4/h8-11,14-17,26H,6-7,12-13H2,1-5H3. The molecule has 1 aromatic carbocycles. The van der Waals surface area contributed by atoms with Gasteiger partial charge in [-0.15, -0.1) is 0 Å². The van der Waals surface area contributed by atoms with Crippen LogP contribution in [0.2, 0.25) is 0 Å². The summed E-state index contributed by atoms with van der Waals surface area (Å²) in [6.45, 7) is 6.87. The Bertz CT molecular complexity index is 1460. The lowest BCUT2D eigenvalue weighted by Crippen LogP contribution is -2.39. The predicted octanol–water partition coefficient (Wildman–Crippen LogP) is 3.16. The fraction of sp³-hybridized carbons (Fsp3) is 0.440. The van der Waals surface area contributed by atoms with Crippen LogP contribution in [-0.4, -0.2) is 35.6 Å². The average molecular weight is 465 g/mol. The summed E-state index contributed by atoms with van der Waals surface area (Å²) in [6.07, 6.45) is 5.24. The molecule has 0 saturated heterocycles. The van der Waals surface area contributed by atoms with Gasteiger partial charge in [0.1, 0.15) is 0 Å². The summed E-state index contributed by atoms with van der Waals surface area (Å²) < 4.78 is 4.18. The van der Waals surface area contributed by atoms with E-state index < -0.39 is 5.69 Å². The first-order valence-electron chi connectivity index (χ1n) is 11.7. The highest BCUT2D eigenvalue weighted by Gasteiger charge is 2.23. The second kappa shape index (κ2) is 9.32. The Morgan fingerprint density at radius 3 is 2.62 bits per heavy atom. The van der Waals surface area contributed by atoms with Gasteiger partial charge in [0, 0.05) is 55.9 Å². The number of fused-ring (bicyclic) bond motifs is 2. The Labute approximate surface area is 197 Å². The van der Waals surface area contributed by atoms with Gasteiger partial charge in [0.15, 0.2) is 11.2 Å². The zero-order valence-electron chi connectivity index (χ0n) is 20.4. The molecule has 180 valence electrons. The third kappa shape index (κ3) is 4.30. The van der Waals surface area contributed by atoms with Crippen molar-refractivity contribution in [3.63, 3.8) is 0 Å². The van der Waals surface area contributed by atoms with Crippen molar-refractivity contribution in [3.8, 4) is 0 Å². The van der Waals surface area contributed by atoms with Crippen LogP contribution in [0, 0.1) is 5.92 Å². The van der Waals surface area contributed by atoms with E-state index in [4.69, 9.17) is 0 Å². The van der Waals surface area contributed by atoms with E-state index in [2.05, 4.69) is 30.7 Å². The maximum atomic E-state index is 13.4. The fourth-order valence-electron chi connectivity index (χ4n) is 4.71. The van der Waals surface area contributed by atoms with E-state index in [1.165, 1.54) is 11.6 Å². The van der Waals surface area contributed by atoms with Gasteiger partial charge < -0.3 is 14.5 Å². The number of rotatable bonds is 8. The minimum absolute atomic E-state index is 0.0489. The Morgan fingerprint density at radius 1 is 1.12 bits per heavy atom. The first-order valence-corrected chi connectivity index (χ1v) is 11.7. The van der Waals surface area contributed by atoms with Crippen LogP contribution < -0.4 is 16.1 Å². The number of nitrogens with one attached hydrogen (secondary N) is 1. The lowest BCUT2D eigenvalue weighted by Gasteiger charge is -2.31. The van der Waals surface area contributed by atoms with E-state index >= 15 is 0 Å². The van der Waals surface area contributed by atoms with Gasteiger partial charge in [-0.05, 0) is 49.9 Å². The Morgan fingerprint density at radius 2 is 1.88 bits per heavy atom. The van der Waals surface area contributed by atoms with E-state index in [-0.39, 0.29) is 17.5 Å². The highest BCUT2D eigenvalue weighted by molar-refractivity contribution is 5.96. The molecule has 9 nitrogen and oxygen atoms in total. The zero-order chi connectivity index (χ0) is 24.6. The van der Waals surface area contributed by atoms with Crippen molar-refractivity contribution < 1.29 is 4.79 Å². The normalized spacial score (nSPS) is 12.6. The van der Waals surface area contributed by atoms with Crippen molar-refractivity contribution in [2.75, 3.05) is 4.90 Å². The minimum Gasteiger partial charge on any atom is -0.361 e. The van der Waals surface area contributed by atoms with Gasteiger partial charge in [0.25, 0.3) is 5.56 Å². The number of hydrogen-bond acceptors (Lipinski definition) is 4. The highest BCUT2D eigenvalue weighted by Crippen LogP contribution is 2.26. The van der Waals surface area contributed by atoms with Gasteiger partial charge >= 0.3 is 5.69 Å². The van der Waals surface area contributed by atoms with Crippen LogP contribution in [0.4, 0.5) is 5.69 Å². The number of imidazole rings is 1. The van der Waals surface area contributed by atoms with Crippen molar-refractivity contribution >= 4 is 33.7 Å². The third-order valence-electron chi connectivity index (χ3n) is 6.34. The summed E-state index contributed by atoms with van der Waals surface area (Å²) in [5.41, 5.74) is 1.87. The highest BCUT2D eigenvalue weighted by atomic mass is 16.2. The summed E-state index contributed by atoms with van der Waals surface area (Å²) in [4.78, 5) is 47.6. The molecule has 0 aliphatic heterocycles. The molecule has 0 saturated carbocycles. The number of amides is 1. The molecule has 34 heavy (non-hydrogen) atoms. The minimum atomic E-state index is -0.410. The zero-order valence-corrected chi connectivity index (χ0v) is 20.4. The first-order chi connectivity index (χ1) is 16.2. The molecular formula is C25H32N6O3. The van der Waals surface area contributed by atoms with Crippen LogP contribution in [0.15, 0.2) is 46.4 Å². The molecule has 3 aromatic heterocycles. The van der Waals surface area contributed by atoms with Gasteiger partial charge in [0.05, 0.1) is 6.33 Å². The van der Waals surface area contributed by atoms with Crippen molar-refractivity contribution in [1.82, 2.24) is 23.7 Å². The summed E-state index contributed by atoms with van der Waals surface area (Å²) in [5, 5.41) is 1.07. The molecule has 1 atom stereocenters. The SMILES string of the molecule is CC(C)CC(C)N(C(=O)CCCn1cnc2c1c(=O)n(C)c(=O)n2C)c1ccc2[nH]ccc2c1. The number of carbonyl (C=O) groups excluding carboxylic acids is 1. The third-order valence-corrected chi connectivity index (χ3v) is 6.34. The Balaban J connectivity index is 1.55. The molecular weight excluding hydrogens is 432 g/mol. The van der Waals surface area contributed by atoms with Gasteiger partial charge in [-0.3, -0.25) is 18.7 Å². The van der Waals surface area contributed by atoms with Gasteiger partial charge in [-0.2, -0.15) is 0 Å². The lowest BCUT2D eigenvalue weighted by molar-refractivity contribution is -0.119. The second-order valence-corrected chi connectivity index (χ2v) is 9.41. The van der Waals surface area contributed by atoms with Gasteiger partial charge in [-0.1, -0.05) is 13.8 Å². The predicted molar refractivity (Wildman–Crippen MR) is 134 cm³/mol. The van der Waals surface area contributed by atoms with Crippen LogP contribution in [0.5, 0.6) is 0 Å². The number of aromatic amines is 1. The number of hydrogen-bond donors (Lipinski definition) is 1. The van der Waals surface area contributed by atoms with E-state index in [0.717, 1.165) is 27.6 Å². The number of nitrogens with zero attached hydrogens (tertiary/aromatic N) is 5. The molecule has 1 amide bonds. The summed E-state index contributed by atoms with van der Waals surface area (Å²) >= 11 is 0. The van der Waals surface area contributed by atoms with Crippen molar-refractivity contribution in [2.24, 2.45) is 20.0 Å². The molecule has 1 N–H and O–H groups in total. The molecule has 0 bridgehead atoms. The number of H-pyrrole nitrogens is 1. The second-order valence-electron chi connectivity index (χ2n) is 9.41. The van der Waals surface area contributed by atoms with E-state index in [1.54, 1.807) is 17.9 Å². The molecule has 0 spiro atoms. The number of benzene rings is 1. The average Bonchev–Trinajstić information content (AvgIpc) is 3.42. The molecule has 9 heteroatoms. The molecule has 1 unspecified atom stereocenters. The number of aryl methyl sites for hydroxylation is 2. The monoisotopic (exact) mass is 464 g/mol. The van der Waals surface area contributed by atoms with Crippen LogP contribution in [0.3, 0.4) is 0 Å². The van der Waals surface area contributed by atoms with Crippen molar-refractivity contribution in [3.05, 3.63) is 57.6 Å². The number of aromatic nitrogens is 5. The molecule has 4 rings (SSSR count). The largest absolute Gasteiger partial charge is 0.361 e. The van der Waals surface area contributed by atoms with Crippen LogP contribution in [0.1, 0.15) is 40.0 Å². The molecule has 0 fully saturated rings. The molecule has 0 radical (unpaired) electrons. The Hall–Kier alpha value is -3.62. The molecule has 3 heterocycles. The molecule has 0 aliphatic rings. The topological polar surface area (TPSA) is 97.9 Å². The maximum Gasteiger partial charge on any atom is 0.332 e. The smallest absolute Gasteiger partial charge is 0.332 e. The van der Waals surface area contributed by atoms with Gasteiger partial charge in [0.2, 0.25) is 5.91 Å². The quantitative estimate of drug-likeness (QED) is 0.433. The summed E-state index contributed by atoms with van der Waals surface area (Å²) in [5.74, 6) is 0.509. The first kappa shape index (κ1) is 23.5. The number of carbonyl (C=O) groups is 1. The van der Waals surface area contributed by atoms with Crippen LogP contribution >= 0.6 is 0 Å².